The summed E-state index contributed by atoms with van der Waals surface area (Å²) >= 11 is 0. The first-order chi connectivity index (χ1) is 5.24. The van der Waals surface area contributed by atoms with Crippen LogP contribution in [0.5, 0.6) is 0 Å². The van der Waals surface area contributed by atoms with Gasteiger partial charge < -0.3 is 9.64 Å². The molecule has 0 saturated carbocycles. The van der Waals surface area contributed by atoms with E-state index in [4.69, 9.17) is 4.74 Å². The summed E-state index contributed by atoms with van der Waals surface area (Å²) in [6.07, 6.45) is 0.583. The first kappa shape index (κ1) is 14.7. The molecule has 1 rings (SSSR count). The third kappa shape index (κ3) is 10.2. The molecule has 0 bridgehead atoms. The summed E-state index contributed by atoms with van der Waals surface area (Å²) in [5, 5.41) is 0. The molecule has 0 amide bonds. The summed E-state index contributed by atoms with van der Waals surface area (Å²) in [5.41, 5.74) is 0. The Morgan fingerprint density at radius 3 is 1.42 bits per heavy atom. The highest BCUT2D eigenvalue weighted by atomic mass is 35.5. The van der Waals surface area contributed by atoms with E-state index >= 15 is 0 Å². The highest BCUT2D eigenvalue weighted by molar-refractivity contribution is 5.85. The summed E-state index contributed by atoms with van der Waals surface area (Å²) in [4.78, 5) is 2.38. The van der Waals surface area contributed by atoms with Gasteiger partial charge in [0.15, 0.2) is 0 Å². The predicted molar refractivity (Wildman–Crippen MR) is 56.1 cm³/mol. The Morgan fingerprint density at radius 1 is 1.17 bits per heavy atom. The second kappa shape index (κ2) is 9.30. The number of nitrogens with zero attached hydrogens (tertiary/aromatic N) is 1. The van der Waals surface area contributed by atoms with E-state index in [-0.39, 0.29) is 12.4 Å². The van der Waals surface area contributed by atoms with Gasteiger partial charge in [0.1, 0.15) is 0 Å². The molecule has 1 atom stereocenters. The number of hydrogen-bond donors (Lipinski definition) is 0. The Labute approximate surface area is 82.7 Å². The van der Waals surface area contributed by atoms with Crippen molar-refractivity contribution in [2.75, 3.05) is 26.2 Å². The molecule has 0 aromatic carbocycles. The molecule has 0 aliphatic carbocycles. The van der Waals surface area contributed by atoms with Gasteiger partial charge in [-0.25, -0.2) is 0 Å². The van der Waals surface area contributed by atoms with E-state index in [1.807, 2.05) is 0 Å². The third-order valence-corrected chi connectivity index (χ3v) is 1.84. The first-order valence-corrected chi connectivity index (χ1v) is 4.58. The van der Waals surface area contributed by atoms with Crippen molar-refractivity contribution < 1.29 is 4.74 Å². The fourth-order valence-electron chi connectivity index (χ4n) is 0.767. The Hall–Kier alpha value is 0.210. The van der Waals surface area contributed by atoms with E-state index in [0.29, 0.717) is 6.10 Å². The van der Waals surface area contributed by atoms with E-state index in [1.54, 1.807) is 0 Å². The maximum atomic E-state index is 4.71. The number of epoxide rings is 1. The first-order valence-electron chi connectivity index (χ1n) is 4.58. The van der Waals surface area contributed by atoms with E-state index in [9.17, 15) is 0 Å². The van der Waals surface area contributed by atoms with Crippen LogP contribution in [-0.2, 0) is 4.74 Å². The van der Waals surface area contributed by atoms with Crippen molar-refractivity contribution in [3.05, 3.63) is 0 Å². The maximum Gasteiger partial charge on any atom is 0.0781 e. The Kier molecular flexibility index (Phi) is 11.4. The summed E-state index contributed by atoms with van der Waals surface area (Å²) < 4.78 is 4.71. The largest absolute Gasteiger partial charge is 0.373 e. The SMILES string of the molecule is CC1CO1.CCN(CC)CC.Cl. The number of halogens is 1. The second-order valence-electron chi connectivity index (χ2n) is 2.76. The number of hydrogen-bond acceptors (Lipinski definition) is 2. The van der Waals surface area contributed by atoms with E-state index in [1.165, 1.54) is 19.6 Å². The minimum Gasteiger partial charge on any atom is -0.373 e. The van der Waals surface area contributed by atoms with Crippen LogP contribution in [0.25, 0.3) is 0 Å². The Morgan fingerprint density at radius 2 is 1.42 bits per heavy atom. The second-order valence-corrected chi connectivity index (χ2v) is 2.76. The smallest absolute Gasteiger partial charge is 0.0781 e. The highest BCUT2D eigenvalue weighted by Crippen LogP contribution is 2.04. The molecule has 0 radical (unpaired) electrons. The van der Waals surface area contributed by atoms with Gasteiger partial charge in [0.25, 0.3) is 0 Å². The molecule has 1 heterocycles. The van der Waals surface area contributed by atoms with Gasteiger partial charge in [0.05, 0.1) is 12.7 Å². The van der Waals surface area contributed by atoms with Gasteiger partial charge in [-0.15, -0.1) is 12.4 Å². The summed E-state index contributed by atoms with van der Waals surface area (Å²) in [5.74, 6) is 0. The standard InChI is InChI=1S/C6H15N.C3H6O.ClH/c1-4-7(5-2)6-3;1-3-2-4-3;/h4-6H2,1-3H3;3H,2H2,1H3;1H. The normalized spacial score (nSPS) is 19.2. The lowest BCUT2D eigenvalue weighted by Gasteiger charge is -2.13. The van der Waals surface area contributed by atoms with Gasteiger partial charge in [0, 0.05) is 0 Å². The predicted octanol–water partition coefficient (Wildman–Crippen LogP) is 2.18. The molecule has 1 aliphatic rings. The van der Waals surface area contributed by atoms with E-state index in [0.717, 1.165) is 6.61 Å². The average molecular weight is 196 g/mol. The zero-order chi connectivity index (χ0) is 8.69. The molecular formula is C9H22ClNO. The topological polar surface area (TPSA) is 15.8 Å². The summed E-state index contributed by atoms with van der Waals surface area (Å²) in [7, 11) is 0. The molecule has 12 heavy (non-hydrogen) atoms. The molecule has 0 aromatic rings. The monoisotopic (exact) mass is 195 g/mol. The average Bonchev–Trinajstić information content (AvgIpc) is 2.77. The molecule has 0 N–H and O–H groups in total. The molecule has 1 unspecified atom stereocenters. The number of rotatable bonds is 3. The molecule has 76 valence electrons. The van der Waals surface area contributed by atoms with Crippen LogP contribution >= 0.6 is 12.4 Å². The number of ether oxygens (including phenoxy) is 1. The summed E-state index contributed by atoms with van der Waals surface area (Å²) in [6, 6.07) is 0. The lowest BCUT2D eigenvalue weighted by atomic mass is 10.5. The van der Waals surface area contributed by atoms with Gasteiger partial charge >= 0.3 is 0 Å². The van der Waals surface area contributed by atoms with Gasteiger partial charge in [-0.05, 0) is 26.6 Å². The van der Waals surface area contributed by atoms with Crippen LogP contribution in [0.4, 0.5) is 0 Å². The van der Waals surface area contributed by atoms with Crippen LogP contribution in [0, 0.1) is 0 Å². The Bertz CT molecular complexity index is 77.1. The zero-order valence-corrected chi connectivity index (χ0v) is 9.49. The van der Waals surface area contributed by atoms with Crippen LogP contribution in [0.3, 0.4) is 0 Å². The zero-order valence-electron chi connectivity index (χ0n) is 8.67. The van der Waals surface area contributed by atoms with Crippen molar-refractivity contribution in [3.8, 4) is 0 Å². The van der Waals surface area contributed by atoms with Gasteiger partial charge in [-0.3, -0.25) is 0 Å². The molecular weight excluding hydrogens is 174 g/mol. The lowest BCUT2D eigenvalue weighted by molar-refractivity contribution is 0.321. The van der Waals surface area contributed by atoms with Crippen molar-refractivity contribution >= 4 is 12.4 Å². The van der Waals surface area contributed by atoms with Gasteiger partial charge in [-0.1, -0.05) is 20.8 Å². The van der Waals surface area contributed by atoms with Crippen LogP contribution in [-0.4, -0.2) is 37.2 Å². The van der Waals surface area contributed by atoms with Crippen molar-refractivity contribution in [2.24, 2.45) is 0 Å². The van der Waals surface area contributed by atoms with Crippen LogP contribution in [0.15, 0.2) is 0 Å². The van der Waals surface area contributed by atoms with Crippen LogP contribution in [0.2, 0.25) is 0 Å². The quantitative estimate of drug-likeness (QED) is 0.642. The van der Waals surface area contributed by atoms with Crippen molar-refractivity contribution in [3.63, 3.8) is 0 Å². The van der Waals surface area contributed by atoms with Crippen molar-refractivity contribution in [2.45, 2.75) is 33.8 Å². The van der Waals surface area contributed by atoms with E-state index < -0.39 is 0 Å². The van der Waals surface area contributed by atoms with E-state index in [2.05, 4.69) is 32.6 Å². The van der Waals surface area contributed by atoms with Gasteiger partial charge in [0.2, 0.25) is 0 Å². The molecule has 2 nitrogen and oxygen atoms in total. The fourth-order valence-corrected chi connectivity index (χ4v) is 0.767. The van der Waals surface area contributed by atoms with Crippen LogP contribution in [0.1, 0.15) is 27.7 Å². The molecule has 3 heteroatoms. The minimum atomic E-state index is 0. The minimum absolute atomic E-state index is 0. The van der Waals surface area contributed by atoms with Crippen LogP contribution < -0.4 is 0 Å². The van der Waals surface area contributed by atoms with Crippen molar-refractivity contribution in [1.29, 1.82) is 0 Å². The molecule has 0 spiro atoms. The molecule has 1 aliphatic heterocycles. The fraction of sp³-hybridized carbons (Fsp3) is 1.00. The molecule has 0 aromatic heterocycles. The van der Waals surface area contributed by atoms with Crippen molar-refractivity contribution in [1.82, 2.24) is 4.90 Å². The van der Waals surface area contributed by atoms with Gasteiger partial charge in [-0.2, -0.15) is 0 Å². The lowest BCUT2D eigenvalue weighted by Crippen LogP contribution is -2.21. The Balaban J connectivity index is 0. The maximum absolute atomic E-state index is 4.71. The summed E-state index contributed by atoms with van der Waals surface area (Å²) in [6.45, 7) is 13.2. The molecule has 1 saturated heterocycles. The highest BCUT2D eigenvalue weighted by Gasteiger charge is 2.13. The molecule has 1 fully saturated rings. The third-order valence-electron chi connectivity index (χ3n) is 1.84.